The lowest BCUT2D eigenvalue weighted by Gasteiger charge is -2.39. The lowest BCUT2D eigenvalue weighted by molar-refractivity contribution is -0.159. The number of aromatic nitrogens is 3. The first kappa shape index (κ1) is 17.2. The van der Waals surface area contributed by atoms with Gasteiger partial charge in [0.25, 0.3) is 0 Å². The van der Waals surface area contributed by atoms with Gasteiger partial charge < -0.3 is 14.7 Å². The molecule has 2 aromatic rings. The van der Waals surface area contributed by atoms with E-state index in [1.165, 1.54) is 16.4 Å². The molecule has 1 amide bonds. The van der Waals surface area contributed by atoms with E-state index in [-0.39, 0.29) is 25.6 Å². The summed E-state index contributed by atoms with van der Waals surface area (Å²) in [6.45, 7) is 0.348. The molecule has 0 aromatic carbocycles. The van der Waals surface area contributed by atoms with E-state index in [1.807, 2.05) is 0 Å². The van der Waals surface area contributed by atoms with Gasteiger partial charge in [-0.15, -0.1) is 5.10 Å². The van der Waals surface area contributed by atoms with Gasteiger partial charge >= 0.3 is 11.7 Å². The van der Waals surface area contributed by atoms with Crippen LogP contribution in [0.1, 0.15) is 12.8 Å². The normalized spacial score (nSPS) is 20.8. The van der Waals surface area contributed by atoms with Crippen molar-refractivity contribution >= 4 is 17.5 Å². The van der Waals surface area contributed by atoms with E-state index in [0.29, 0.717) is 25.0 Å². The molecule has 0 bridgehead atoms. The molecule has 0 spiro atoms. The average Bonchev–Trinajstić information content (AvgIpc) is 2.91. The van der Waals surface area contributed by atoms with Crippen LogP contribution in [0.3, 0.4) is 0 Å². The third-order valence-electron chi connectivity index (χ3n) is 4.58. The van der Waals surface area contributed by atoms with Crippen molar-refractivity contribution in [3.05, 3.63) is 34.9 Å². The molecule has 9 heteroatoms. The Kier molecular flexibility index (Phi) is 4.58. The van der Waals surface area contributed by atoms with E-state index in [4.69, 9.17) is 4.74 Å². The smallest absolute Gasteiger partial charge is 0.350 e. The van der Waals surface area contributed by atoms with Gasteiger partial charge in [0.05, 0.1) is 6.61 Å². The molecule has 1 atom stereocenters. The highest BCUT2D eigenvalue weighted by Gasteiger charge is 2.43. The summed E-state index contributed by atoms with van der Waals surface area (Å²) in [5, 5.41) is 13.7. The summed E-state index contributed by atoms with van der Waals surface area (Å²) in [5.41, 5.74) is -1.05. The molecule has 2 aromatic heterocycles. The maximum absolute atomic E-state index is 12.6. The van der Waals surface area contributed by atoms with Gasteiger partial charge in [-0.2, -0.15) is 0 Å². The quantitative estimate of drug-likeness (QED) is 0.804. The van der Waals surface area contributed by atoms with Gasteiger partial charge in [0.15, 0.2) is 5.65 Å². The first-order valence-corrected chi connectivity index (χ1v) is 8.01. The predicted molar refractivity (Wildman–Crippen MR) is 87.2 cm³/mol. The van der Waals surface area contributed by atoms with E-state index >= 15 is 0 Å². The Hall–Kier alpha value is -2.68. The second-order valence-electron chi connectivity index (χ2n) is 6.31. The van der Waals surface area contributed by atoms with Crippen LogP contribution in [0.4, 0.5) is 0 Å². The van der Waals surface area contributed by atoms with Crippen molar-refractivity contribution < 1.29 is 19.4 Å². The number of nitrogens with zero attached hydrogens (tertiary/aromatic N) is 4. The average molecular weight is 348 g/mol. The largest absolute Gasteiger partial charge is 0.481 e. The Morgan fingerprint density at radius 3 is 2.88 bits per heavy atom. The van der Waals surface area contributed by atoms with Gasteiger partial charge in [-0.05, 0) is 25.0 Å². The molecule has 1 unspecified atom stereocenters. The number of ether oxygens (including phenoxy) is 1. The number of carbonyl (C=O) groups excluding carboxylic acids is 1. The number of carboxylic acids is 1. The first-order chi connectivity index (χ1) is 12.0. The number of pyridine rings is 1. The molecule has 1 fully saturated rings. The number of likely N-dealkylation sites (tertiary alicyclic amines) is 1. The minimum atomic E-state index is -1.10. The molecule has 0 radical (unpaired) electrons. The molecule has 9 nitrogen and oxygen atoms in total. The van der Waals surface area contributed by atoms with Gasteiger partial charge in [0.1, 0.15) is 12.0 Å². The second kappa shape index (κ2) is 6.67. The van der Waals surface area contributed by atoms with Crippen LogP contribution in [-0.2, 0) is 20.9 Å². The predicted octanol–water partition coefficient (Wildman–Crippen LogP) is -0.164. The summed E-state index contributed by atoms with van der Waals surface area (Å²) in [5.74, 6) is -1.30. The third-order valence-corrected chi connectivity index (χ3v) is 4.58. The molecule has 3 heterocycles. The van der Waals surface area contributed by atoms with Crippen LogP contribution in [0.5, 0.6) is 0 Å². The topological polar surface area (TPSA) is 106 Å². The van der Waals surface area contributed by atoms with Gasteiger partial charge in [-0.1, -0.05) is 6.07 Å². The zero-order valence-corrected chi connectivity index (χ0v) is 13.9. The van der Waals surface area contributed by atoms with Crippen LogP contribution >= 0.6 is 0 Å². The second-order valence-corrected chi connectivity index (χ2v) is 6.31. The van der Waals surface area contributed by atoms with E-state index < -0.39 is 17.1 Å². The molecule has 134 valence electrons. The van der Waals surface area contributed by atoms with Crippen molar-refractivity contribution in [2.45, 2.75) is 19.4 Å². The summed E-state index contributed by atoms with van der Waals surface area (Å²) < 4.78 is 7.52. The molecule has 0 saturated carbocycles. The zero-order valence-electron chi connectivity index (χ0n) is 13.9. The van der Waals surface area contributed by atoms with Crippen molar-refractivity contribution in [2.75, 3.05) is 26.8 Å². The Bertz CT molecular complexity index is 854. The van der Waals surface area contributed by atoms with E-state index in [0.717, 1.165) is 4.68 Å². The number of carboxylic acid groups (broad SMARTS) is 1. The van der Waals surface area contributed by atoms with Crippen molar-refractivity contribution in [2.24, 2.45) is 5.41 Å². The molecule has 3 rings (SSSR count). The third kappa shape index (κ3) is 3.14. The number of methoxy groups -OCH3 is 1. The fourth-order valence-corrected chi connectivity index (χ4v) is 3.27. The highest BCUT2D eigenvalue weighted by Crippen LogP contribution is 2.31. The number of piperidine rings is 1. The van der Waals surface area contributed by atoms with Crippen LogP contribution in [0.2, 0.25) is 0 Å². The summed E-state index contributed by atoms with van der Waals surface area (Å²) >= 11 is 0. The highest BCUT2D eigenvalue weighted by molar-refractivity contribution is 5.79. The van der Waals surface area contributed by atoms with Crippen molar-refractivity contribution in [3.63, 3.8) is 0 Å². The SMILES string of the molecule is COCC1(C(=O)O)CCCN(C(=O)Cn2nc3ccccn3c2=O)C1. The van der Waals surface area contributed by atoms with Crippen LogP contribution in [0.25, 0.3) is 5.65 Å². The molecule has 1 aliphatic heterocycles. The molecule has 0 aliphatic carbocycles. The standard InChI is InChI=1S/C16H20N4O5/c1-25-11-16(14(22)23)6-4-7-18(10-16)13(21)9-20-15(24)19-8-3-2-5-12(19)17-20/h2-3,5,8H,4,6-7,9-11H2,1H3,(H,22,23). The minimum Gasteiger partial charge on any atom is -0.481 e. The Morgan fingerprint density at radius 1 is 1.40 bits per heavy atom. The Morgan fingerprint density at radius 2 is 2.20 bits per heavy atom. The molecular formula is C16H20N4O5. The molecule has 1 N–H and O–H groups in total. The first-order valence-electron chi connectivity index (χ1n) is 8.01. The number of aliphatic carboxylic acids is 1. The Balaban J connectivity index is 1.79. The number of fused-ring (bicyclic) bond motifs is 1. The van der Waals surface area contributed by atoms with Crippen molar-refractivity contribution in [1.29, 1.82) is 0 Å². The van der Waals surface area contributed by atoms with Crippen LogP contribution < -0.4 is 5.69 Å². The summed E-state index contributed by atoms with van der Waals surface area (Å²) in [7, 11) is 1.45. The van der Waals surface area contributed by atoms with E-state index in [1.54, 1.807) is 24.4 Å². The molecule has 1 aliphatic rings. The van der Waals surface area contributed by atoms with Crippen LogP contribution in [0.15, 0.2) is 29.2 Å². The van der Waals surface area contributed by atoms with E-state index in [2.05, 4.69) is 5.10 Å². The maximum atomic E-state index is 12.6. The monoisotopic (exact) mass is 348 g/mol. The number of hydrogen-bond donors (Lipinski definition) is 1. The highest BCUT2D eigenvalue weighted by atomic mass is 16.5. The minimum absolute atomic E-state index is 0.0421. The fourth-order valence-electron chi connectivity index (χ4n) is 3.27. The van der Waals surface area contributed by atoms with Crippen LogP contribution in [-0.4, -0.2) is 62.9 Å². The number of carbonyl (C=O) groups is 2. The lowest BCUT2D eigenvalue weighted by Crippen LogP contribution is -2.53. The number of amides is 1. The number of hydrogen-bond acceptors (Lipinski definition) is 5. The van der Waals surface area contributed by atoms with Gasteiger partial charge in [-0.3, -0.25) is 14.0 Å². The summed E-state index contributed by atoms with van der Waals surface area (Å²) in [4.78, 5) is 38.0. The van der Waals surface area contributed by atoms with E-state index in [9.17, 15) is 19.5 Å². The zero-order chi connectivity index (χ0) is 18.0. The van der Waals surface area contributed by atoms with Crippen molar-refractivity contribution in [1.82, 2.24) is 19.1 Å². The maximum Gasteiger partial charge on any atom is 0.350 e. The fraction of sp³-hybridized carbons (Fsp3) is 0.500. The summed E-state index contributed by atoms with van der Waals surface area (Å²) in [6, 6.07) is 5.14. The van der Waals surface area contributed by atoms with Gasteiger partial charge in [-0.25, -0.2) is 9.48 Å². The Labute approximate surface area is 143 Å². The molecular weight excluding hydrogens is 328 g/mol. The lowest BCUT2D eigenvalue weighted by atomic mass is 9.80. The van der Waals surface area contributed by atoms with Gasteiger partial charge in [0, 0.05) is 26.4 Å². The molecule has 25 heavy (non-hydrogen) atoms. The number of rotatable bonds is 5. The van der Waals surface area contributed by atoms with Gasteiger partial charge in [0.2, 0.25) is 5.91 Å². The summed E-state index contributed by atoms with van der Waals surface area (Å²) in [6.07, 6.45) is 2.61. The molecule has 1 saturated heterocycles. The van der Waals surface area contributed by atoms with Crippen LogP contribution in [0, 0.1) is 5.41 Å². The van der Waals surface area contributed by atoms with Crippen molar-refractivity contribution in [3.8, 4) is 0 Å².